The van der Waals surface area contributed by atoms with Gasteiger partial charge in [-0.1, -0.05) is 50.3 Å². The summed E-state index contributed by atoms with van der Waals surface area (Å²) in [4.78, 5) is 25.3. The van der Waals surface area contributed by atoms with Crippen molar-refractivity contribution in [3.05, 3.63) is 59.4 Å². The molecule has 0 bridgehead atoms. The lowest BCUT2D eigenvalue weighted by atomic mass is 10.0. The molecule has 2 heterocycles. The Hall–Kier alpha value is -2.89. The predicted octanol–water partition coefficient (Wildman–Crippen LogP) is 3.97. The average molecular weight is 381 g/mol. The molecule has 2 aromatic rings. The van der Waals surface area contributed by atoms with E-state index in [9.17, 15) is 9.59 Å². The maximum atomic E-state index is 12.4. The molecule has 3 rings (SSSR count). The van der Waals surface area contributed by atoms with Crippen LogP contribution < -0.4 is 0 Å². The third-order valence-electron chi connectivity index (χ3n) is 5.25. The van der Waals surface area contributed by atoms with E-state index in [1.54, 1.807) is 10.9 Å². The molecule has 6 nitrogen and oxygen atoms in total. The smallest absolute Gasteiger partial charge is 0.338 e. The van der Waals surface area contributed by atoms with Crippen molar-refractivity contribution in [3.8, 4) is 0 Å². The van der Waals surface area contributed by atoms with Crippen molar-refractivity contribution >= 4 is 18.0 Å². The van der Waals surface area contributed by atoms with Gasteiger partial charge in [0.05, 0.1) is 17.8 Å². The van der Waals surface area contributed by atoms with Gasteiger partial charge in [0, 0.05) is 25.7 Å². The van der Waals surface area contributed by atoms with Gasteiger partial charge in [-0.05, 0) is 29.9 Å². The van der Waals surface area contributed by atoms with Crippen LogP contribution in [-0.4, -0.2) is 44.8 Å². The summed E-state index contributed by atoms with van der Waals surface area (Å²) in [6, 6.07) is 8.56. The third-order valence-corrected chi connectivity index (χ3v) is 5.25. The van der Waals surface area contributed by atoms with Gasteiger partial charge in [0.15, 0.2) is 0 Å². The Kier molecular flexibility index (Phi) is 6.29. The van der Waals surface area contributed by atoms with Crippen LogP contribution in [0.3, 0.4) is 0 Å². The van der Waals surface area contributed by atoms with Gasteiger partial charge in [-0.15, -0.1) is 0 Å². The fourth-order valence-electron chi connectivity index (χ4n) is 3.44. The minimum Gasteiger partial charge on any atom is -0.478 e. The van der Waals surface area contributed by atoms with Crippen molar-refractivity contribution in [1.29, 1.82) is 0 Å². The van der Waals surface area contributed by atoms with Gasteiger partial charge in [0.2, 0.25) is 5.91 Å². The summed E-state index contributed by atoms with van der Waals surface area (Å²) < 4.78 is 1.71. The second-order valence-electron chi connectivity index (χ2n) is 7.55. The Morgan fingerprint density at radius 1 is 1.21 bits per heavy atom. The van der Waals surface area contributed by atoms with Crippen molar-refractivity contribution < 1.29 is 14.7 Å². The molecule has 0 saturated carbocycles. The van der Waals surface area contributed by atoms with Crippen LogP contribution in [-0.2, 0) is 4.79 Å². The quantitative estimate of drug-likeness (QED) is 0.821. The van der Waals surface area contributed by atoms with Crippen LogP contribution >= 0.6 is 0 Å². The summed E-state index contributed by atoms with van der Waals surface area (Å²) in [5.41, 5.74) is 2.61. The molecule has 1 N–H and O–H groups in total. The third kappa shape index (κ3) is 4.88. The lowest BCUT2D eigenvalue weighted by molar-refractivity contribution is -0.131. The number of carbonyl (C=O) groups excluding carboxylic acids is 1. The number of carbonyl (C=O) groups is 2. The van der Waals surface area contributed by atoms with E-state index in [0.29, 0.717) is 25.4 Å². The summed E-state index contributed by atoms with van der Waals surface area (Å²) >= 11 is 0. The highest BCUT2D eigenvalue weighted by Crippen LogP contribution is 2.23. The first kappa shape index (κ1) is 19.9. The molecule has 0 aliphatic carbocycles. The molecular formula is C22H27N3O3. The minimum atomic E-state index is -0.968. The van der Waals surface area contributed by atoms with Crippen molar-refractivity contribution in [2.24, 2.45) is 0 Å². The van der Waals surface area contributed by atoms with Gasteiger partial charge in [-0.3, -0.25) is 9.48 Å². The van der Waals surface area contributed by atoms with Crippen LogP contribution in [0.2, 0.25) is 0 Å². The summed E-state index contributed by atoms with van der Waals surface area (Å²) in [5.74, 6) is -0.329. The molecule has 0 spiro atoms. The number of amides is 1. The number of aromatic carboxylic acids is 1. The number of nitrogens with zero attached hydrogens (tertiary/aromatic N) is 3. The second kappa shape index (κ2) is 8.87. The highest BCUT2D eigenvalue weighted by Gasteiger charge is 2.24. The van der Waals surface area contributed by atoms with Gasteiger partial charge in [0.25, 0.3) is 0 Å². The molecule has 28 heavy (non-hydrogen) atoms. The van der Waals surface area contributed by atoms with E-state index in [-0.39, 0.29) is 17.5 Å². The largest absolute Gasteiger partial charge is 0.478 e. The number of hydrogen-bond donors (Lipinski definition) is 1. The topological polar surface area (TPSA) is 75.4 Å². The summed E-state index contributed by atoms with van der Waals surface area (Å²) in [6.45, 7) is 5.68. The standard InChI is InChI=1S/C22H27N3O3/c1-16(2)18-8-6-17(7-9-18)4-3-5-21(26)24-12-10-20(11-13-24)25-15-19(14-23-25)22(27)28/h3-4,6-9,14-16,20H,5,10-13H2,1-2H3,(H,27,28)/b4-3+. The van der Waals surface area contributed by atoms with Gasteiger partial charge in [0.1, 0.15) is 0 Å². The minimum absolute atomic E-state index is 0.125. The Labute approximate surface area is 165 Å². The van der Waals surface area contributed by atoms with Crippen LogP contribution in [0.5, 0.6) is 0 Å². The van der Waals surface area contributed by atoms with Crippen LogP contribution in [0.15, 0.2) is 42.7 Å². The zero-order valence-corrected chi connectivity index (χ0v) is 16.4. The van der Waals surface area contributed by atoms with Crippen molar-refractivity contribution in [2.75, 3.05) is 13.1 Å². The molecule has 1 aliphatic rings. The molecule has 1 aromatic heterocycles. The summed E-state index contributed by atoms with van der Waals surface area (Å²) in [7, 11) is 0. The molecule has 0 radical (unpaired) electrons. The van der Waals surface area contributed by atoms with Crippen LogP contribution in [0.4, 0.5) is 0 Å². The summed E-state index contributed by atoms with van der Waals surface area (Å²) in [6.07, 6.45) is 8.81. The number of aromatic nitrogens is 2. The van der Waals surface area contributed by atoms with Gasteiger partial charge < -0.3 is 10.0 Å². The molecule has 148 valence electrons. The second-order valence-corrected chi connectivity index (χ2v) is 7.55. The van der Waals surface area contributed by atoms with E-state index in [1.807, 2.05) is 17.1 Å². The first-order chi connectivity index (χ1) is 13.4. The predicted molar refractivity (Wildman–Crippen MR) is 108 cm³/mol. The molecule has 1 saturated heterocycles. The molecular weight excluding hydrogens is 354 g/mol. The van der Waals surface area contributed by atoms with E-state index in [1.165, 1.54) is 11.8 Å². The van der Waals surface area contributed by atoms with Gasteiger partial charge in [-0.25, -0.2) is 4.79 Å². The van der Waals surface area contributed by atoms with Crippen LogP contribution in [0, 0.1) is 0 Å². The number of hydrogen-bond acceptors (Lipinski definition) is 3. The van der Waals surface area contributed by atoms with E-state index >= 15 is 0 Å². The number of piperidine rings is 1. The van der Waals surface area contributed by atoms with E-state index in [4.69, 9.17) is 5.11 Å². The van der Waals surface area contributed by atoms with Gasteiger partial charge >= 0.3 is 5.97 Å². The average Bonchev–Trinajstić information content (AvgIpc) is 3.19. The van der Waals surface area contributed by atoms with Crippen molar-refractivity contribution in [1.82, 2.24) is 14.7 Å². The first-order valence-corrected chi connectivity index (χ1v) is 9.75. The maximum absolute atomic E-state index is 12.4. The molecule has 6 heteroatoms. The number of carboxylic acids is 1. The molecule has 0 unspecified atom stereocenters. The molecule has 1 fully saturated rings. The van der Waals surface area contributed by atoms with Crippen molar-refractivity contribution in [3.63, 3.8) is 0 Å². The van der Waals surface area contributed by atoms with E-state index < -0.39 is 5.97 Å². The number of carboxylic acid groups (broad SMARTS) is 1. The number of benzene rings is 1. The van der Waals surface area contributed by atoms with Crippen LogP contribution in [0.1, 0.15) is 66.6 Å². The fraction of sp³-hybridized carbons (Fsp3) is 0.409. The number of likely N-dealkylation sites (tertiary alicyclic amines) is 1. The number of rotatable bonds is 6. The lowest BCUT2D eigenvalue weighted by Gasteiger charge is -2.32. The summed E-state index contributed by atoms with van der Waals surface area (Å²) in [5, 5.41) is 13.2. The first-order valence-electron chi connectivity index (χ1n) is 9.75. The Morgan fingerprint density at radius 2 is 1.89 bits per heavy atom. The highest BCUT2D eigenvalue weighted by molar-refractivity contribution is 5.86. The van der Waals surface area contributed by atoms with Crippen LogP contribution in [0.25, 0.3) is 6.08 Å². The Balaban J connectivity index is 1.47. The highest BCUT2D eigenvalue weighted by atomic mass is 16.4. The fourth-order valence-corrected chi connectivity index (χ4v) is 3.44. The zero-order valence-electron chi connectivity index (χ0n) is 16.4. The molecule has 1 aromatic carbocycles. The Morgan fingerprint density at radius 3 is 2.46 bits per heavy atom. The van der Waals surface area contributed by atoms with E-state index in [2.05, 4.69) is 43.2 Å². The van der Waals surface area contributed by atoms with E-state index in [0.717, 1.165) is 18.4 Å². The molecule has 0 atom stereocenters. The monoisotopic (exact) mass is 381 g/mol. The Bertz CT molecular complexity index is 844. The van der Waals surface area contributed by atoms with Gasteiger partial charge in [-0.2, -0.15) is 5.10 Å². The molecule has 1 amide bonds. The van der Waals surface area contributed by atoms with Crippen molar-refractivity contribution in [2.45, 2.75) is 45.1 Å². The zero-order chi connectivity index (χ0) is 20.1. The normalized spacial score (nSPS) is 15.5. The lowest BCUT2D eigenvalue weighted by Crippen LogP contribution is -2.38. The SMILES string of the molecule is CC(C)c1ccc(/C=C/CC(=O)N2CCC(n3cc(C(=O)O)cn3)CC2)cc1. The maximum Gasteiger partial charge on any atom is 0.338 e. The molecule has 1 aliphatic heterocycles.